The zero-order valence-electron chi connectivity index (χ0n) is 13.8. The number of benzene rings is 1. The molecule has 23 heavy (non-hydrogen) atoms. The summed E-state index contributed by atoms with van der Waals surface area (Å²) in [6, 6.07) is 6.23. The molecule has 0 unspecified atom stereocenters. The van der Waals surface area contributed by atoms with Gasteiger partial charge in [-0.15, -0.1) is 0 Å². The largest absolute Gasteiger partial charge is 0.466 e. The average Bonchev–Trinajstić information content (AvgIpc) is 2.89. The molecular weight excluding hydrogens is 312 g/mol. The Balaban J connectivity index is 2.45. The second-order valence-electron chi connectivity index (χ2n) is 5.11. The highest BCUT2D eigenvalue weighted by Gasteiger charge is 2.10. The number of aryl methyl sites for hydroxylation is 2. The molecule has 1 amide bonds. The molecule has 2 rings (SSSR count). The van der Waals surface area contributed by atoms with Gasteiger partial charge in [0.1, 0.15) is 0 Å². The zero-order valence-corrected chi connectivity index (χ0v) is 14.6. The molecule has 0 saturated heterocycles. The highest BCUT2D eigenvalue weighted by molar-refractivity contribution is 7.16. The van der Waals surface area contributed by atoms with E-state index in [1.165, 1.54) is 16.9 Å². The van der Waals surface area contributed by atoms with Crippen LogP contribution in [0.3, 0.4) is 0 Å². The van der Waals surface area contributed by atoms with Crippen molar-refractivity contribution >= 4 is 33.4 Å². The molecule has 0 aliphatic rings. The summed E-state index contributed by atoms with van der Waals surface area (Å²) in [5.74, 6) is -0.394. The van der Waals surface area contributed by atoms with Crippen LogP contribution in [0.2, 0.25) is 0 Å². The van der Waals surface area contributed by atoms with Crippen molar-refractivity contribution in [2.24, 2.45) is 4.99 Å². The maximum atomic E-state index is 11.7. The smallest absolute Gasteiger partial charge is 0.307 e. The Hall–Kier alpha value is -1.95. The number of nitrogens with zero attached hydrogens (tertiary/aromatic N) is 2. The molecule has 0 bridgehead atoms. The van der Waals surface area contributed by atoms with Gasteiger partial charge in [-0.3, -0.25) is 9.59 Å². The van der Waals surface area contributed by atoms with E-state index in [1.807, 2.05) is 10.6 Å². The molecule has 2 aromatic rings. The highest BCUT2D eigenvalue weighted by Crippen LogP contribution is 2.20. The van der Waals surface area contributed by atoms with Crippen molar-refractivity contribution in [2.45, 2.75) is 46.6 Å². The molecule has 0 saturated carbocycles. The molecule has 6 heteroatoms. The summed E-state index contributed by atoms with van der Waals surface area (Å²) in [4.78, 5) is 28.2. The summed E-state index contributed by atoms with van der Waals surface area (Å²) < 4.78 is 8.00. The Morgan fingerprint density at radius 2 is 2.04 bits per heavy atom. The lowest BCUT2D eigenvalue weighted by Crippen LogP contribution is -2.19. The summed E-state index contributed by atoms with van der Waals surface area (Å²) in [5.41, 5.74) is 2.24. The van der Waals surface area contributed by atoms with Crippen molar-refractivity contribution in [2.75, 3.05) is 6.61 Å². The van der Waals surface area contributed by atoms with Crippen molar-refractivity contribution in [3.05, 3.63) is 28.6 Å². The number of hydrogen-bond donors (Lipinski definition) is 0. The molecular formula is C17H22N2O3S. The number of aromatic nitrogens is 1. The maximum absolute atomic E-state index is 11.7. The van der Waals surface area contributed by atoms with Crippen LogP contribution in [0.15, 0.2) is 23.2 Å². The lowest BCUT2D eigenvalue weighted by molar-refractivity contribution is -0.143. The second kappa shape index (κ2) is 8.06. The van der Waals surface area contributed by atoms with Crippen LogP contribution in [-0.4, -0.2) is 23.1 Å². The van der Waals surface area contributed by atoms with Crippen LogP contribution in [0.5, 0.6) is 0 Å². The number of carbonyl (C=O) groups is 2. The normalized spacial score (nSPS) is 11.9. The van der Waals surface area contributed by atoms with Gasteiger partial charge in [0.25, 0.3) is 0 Å². The Kier molecular flexibility index (Phi) is 6.10. The number of thiazole rings is 1. The predicted molar refractivity (Wildman–Crippen MR) is 91.3 cm³/mol. The topological polar surface area (TPSA) is 60.7 Å². The summed E-state index contributed by atoms with van der Waals surface area (Å²) in [5, 5.41) is 0. The Bertz CT molecular complexity index is 774. The van der Waals surface area contributed by atoms with Gasteiger partial charge in [0.2, 0.25) is 5.91 Å². The van der Waals surface area contributed by atoms with Crippen LogP contribution in [0.1, 0.15) is 39.2 Å². The molecule has 1 aromatic carbocycles. The van der Waals surface area contributed by atoms with Gasteiger partial charge in [-0.05, 0) is 31.0 Å². The van der Waals surface area contributed by atoms with Gasteiger partial charge in [-0.2, -0.15) is 4.99 Å². The molecule has 0 spiro atoms. The number of ether oxygens (including phenoxy) is 1. The fourth-order valence-corrected chi connectivity index (χ4v) is 3.40. The van der Waals surface area contributed by atoms with Gasteiger partial charge in [0.15, 0.2) is 4.80 Å². The molecule has 0 fully saturated rings. The first-order valence-electron chi connectivity index (χ1n) is 7.94. The van der Waals surface area contributed by atoms with E-state index in [9.17, 15) is 9.59 Å². The molecule has 0 aliphatic carbocycles. The molecule has 0 radical (unpaired) electrons. The van der Waals surface area contributed by atoms with Crippen LogP contribution in [-0.2, 0) is 27.3 Å². The first kappa shape index (κ1) is 17.4. The lowest BCUT2D eigenvalue weighted by Gasteiger charge is -2.05. The third kappa shape index (κ3) is 4.28. The van der Waals surface area contributed by atoms with E-state index in [4.69, 9.17) is 4.74 Å². The Morgan fingerprint density at radius 3 is 2.70 bits per heavy atom. The first-order valence-corrected chi connectivity index (χ1v) is 8.76. The minimum Gasteiger partial charge on any atom is -0.466 e. The fraction of sp³-hybridized carbons (Fsp3) is 0.471. The van der Waals surface area contributed by atoms with Crippen molar-refractivity contribution in [3.8, 4) is 0 Å². The zero-order chi connectivity index (χ0) is 16.8. The third-order valence-electron chi connectivity index (χ3n) is 3.52. The molecule has 124 valence electrons. The van der Waals surface area contributed by atoms with Crippen molar-refractivity contribution in [1.29, 1.82) is 0 Å². The quantitative estimate of drug-likeness (QED) is 0.763. The molecule has 1 aromatic heterocycles. The van der Waals surface area contributed by atoms with E-state index in [-0.39, 0.29) is 18.3 Å². The van der Waals surface area contributed by atoms with Gasteiger partial charge >= 0.3 is 5.97 Å². The SMILES string of the molecule is CCOC(=O)CCn1c(=NC(=O)CC)sc2cc(CC)ccc21. The maximum Gasteiger partial charge on any atom is 0.307 e. The van der Waals surface area contributed by atoms with Crippen LogP contribution >= 0.6 is 11.3 Å². The van der Waals surface area contributed by atoms with Crippen LogP contribution < -0.4 is 4.80 Å². The number of esters is 1. The standard InChI is InChI=1S/C17H22N2O3S/c1-4-12-7-8-13-14(11-12)23-17(18-15(20)5-2)19(13)10-9-16(21)22-6-3/h7-8,11H,4-6,9-10H2,1-3H3. The predicted octanol–water partition coefficient (Wildman–Crippen LogP) is 3.06. The summed E-state index contributed by atoms with van der Waals surface area (Å²) in [7, 11) is 0. The van der Waals surface area contributed by atoms with Gasteiger partial charge in [-0.25, -0.2) is 0 Å². The number of rotatable bonds is 6. The molecule has 5 nitrogen and oxygen atoms in total. The van der Waals surface area contributed by atoms with Gasteiger partial charge < -0.3 is 9.30 Å². The number of amides is 1. The van der Waals surface area contributed by atoms with E-state index in [2.05, 4.69) is 24.0 Å². The Morgan fingerprint density at radius 1 is 1.26 bits per heavy atom. The monoisotopic (exact) mass is 334 g/mol. The average molecular weight is 334 g/mol. The van der Waals surface area contributed by atoms with Gasteiger partial charge in [-0.1, -0.05) is 31.3 Å². The summed E-state index contributed by atoms with van der Waals surface area (Å²) in [6.07, 6.45) is 1.59. The Labute approximate surface area is 139 Å². The fourth-order valence-electron chi connectivity index (χ4n) is 2.26. The van der Waals surface area contributed by atoms with E-state index in [0.717, 1.165) is 16.6 Å². The van der Waals surface area contributed by atoms with Crippen LogP contribution in [0.4, 0.5) is 0 Å². The number of hydrogen-bond acceptors (Lipinski definition) is 4. The molecule has 0 atom stereocenters. The third-order valence-corrected chi connectivity index (χ3v) is 4.56. The van der Waals surface area contributed by atoms with E-state index in [1.54, 1.807) is 13.8 Å². The minimum absolute atomic E-state index is 0.155. The summed E-state index contributed by atoms with van der Waals surface area (Å²) in [6.45, 7) is 6.52. The lowest BCUT2D eigenvalue weighted by atomic mass is 10.2. The summed E-state index contributed by atoms with van der Waals surface area (Å²) >= 11 is 1.49. The highest BCUT2D eigenvalue weighted by atomic mass is 32.1. The van der Waals surface area contributed by atoms with Crippen molar-refractivity contribution < 1.29 is 14.3 Å². The molecule has 1 heterocycles. The first-order chi connectivity index (χ1) is 11.1. The van der Waals surface area contributed by atoms with E-state index >= 15 is 0 Å². The van der Waals surface area contributed by atoms with Crippen LogP contribution in [0.25, 0.3) is 10.2 Å². The van der Waals surface area contributed by atoms with Gasteiger partial charge in [0.05, 0.1) is 23.2 Å². The van der Waals surface area contributed by atoms with Crippen molar-refractivity contribution in [1.82, 2.24) is 4.57 Å². The number of fused-ring (bicyclic) bond motifs is 1. The molecule has 0 aliphatic heterocycles. The van der Waals surface area contributed by atoms with E-state index < -0.39 is 0 Å². The van der Waals surface area contributed by atoms with Crippen molar-refractivity contribution in [3.63, 3.8) is 0 Å². The molecule has 0 N–H and O–H groups in total. The second-order valence-corrected chi connectivity index (χ2v) is 6.12. The van der Waals surface area contributed by atoms with Crippen LogP contribution in [0, 0.1) is 0 Å². The van der Waals surface area contributed by atoms with E-state index in [0.29, 0.717) is 24.4 Å². The minimum atomic E-state index is -0.239. The van der Waals surface area contributed by atoms with Gasteiger partial charge in [0, 0.05) is 13.0 Å². The number of carbonyl (C=O) groups excluding carboxylic acids is 2.